The van der Waals surface area contributed by atoms with Gasteiger partial charge in [0, 0.05) is 49.0 Å². The maximum Gasteiger partial charge on any atom is 0.410 e. The number of hydrogen-bond donors (Lipinski definition) is 1. The number of fused-ring (bicyclic) bond motifs is 1. The standard InChI is InChI=1S/C33H35N5O4/c1-33(2,3)42-32(39)38-13-11-26(21-38)41-30-9-6-23(18-24(30)20-34)27-10-12-35-31-28(27)19-29(36-31)22-4-7-25(8-5-22)37-14-16-40-17-15-37/h4-10,12,18-19,26H,11,13-17,21H2,1-3H3,(H,35,36). The highest BCUT2D eigenvalue weighted by atomic mass is 16.6. The van der Waals surface area contributed by atoms with Gasteiger partial charge in [0.05, 0.1) is 25.3 Å². The molecule has 6 rings (SSSR count). The number of nitriles is 1. The smallest absolute Gasteiger partial charge is 0.410 e. The van der Waals surface area contributed by atoms with Crippen molar-refractivity contribution in [2.75, 3.05) is 44.3 Å². The van der Waals surface area contributed by atoms with Gasteiger partial charge in [0.25, 0.3) is 0 Å². The minimum Gasteiger partial charge on any atom is -0.487 e. The Labute approximate surface area is 245 Å². The minimum atomic E-state index is -0.549. The number of rotatable bonds is 5. The number of anilines is 1. The number of morpholine rings is 1. The predicted molar refractivity (Wildman–Crippen MR) is 162 cm³/mol. The average molecular weight is 566 g/mol. The Morgan fingerprint density at radius 3 is 2.55 bits per heavy atom. The van der Waals surface area contributed by atoms with Crippen molar-refractivity contribution in [3.63, 3.8) is 0 Å². The molecule has 1 unspecified atom stereocenters. The third-order valence-corrected chi connectivity index (χ3v) is 7.59. The molecule has 1 atom stereocenters. The van der Waals surface area contributed by atoms with Crippen LogP contribution in [0.5, 0.6) is 5.75 Å². The molecule has 4 heterocycles. The van der Waals surface area contributed by atoms with Crippen LogP contribution in [0.1, 0.15) is 32.8 Å². The van der Waals surface area contributed by atoms with Crippen LogP contribution in [0.3, 0.4) is 0 Å². The average Bonchev–Trinajstić information content (AvgIpc) is 3.65. The van der Waals surface area contributed by atoms with Crippen molar-refractivity contribution in [1.29, 1.82) is 5.26 Å². The molecule has 2 aliphatic heterocycles. The lowest BCUT2D eigenvalue weighted by molar-refractivity contribution is 0.0275. The first-order valence-electron chi connectivity index (χ1n) is 14.4. The molecule has 2 aromatic carbocycles. The van der Waals surface area contributed by atoms with Gasteiger partial charge in [0.1, 0.15) is 29.2 Å². The highest BCUT2D eigenvalue weighted by Crippen LogP contribution is 2.34. The lowest BCUT2D eigenvalue weighted by Crippen LogP contribution is -2.36. The zero-order chi connectivity index (χ0) is 29.3. The highest BCUT2D eigenvalue weighted by Gasteiger charge is 2.31. The third kappa shape index (κ3) is 5.90. The van der Waals surface area contributed by atoms with E-state index in [1.807, 2.05) is 45.0 Å². The molecule has 0 spiro atoms. The van der Waals surface area contributed by atoms with Crippen LogP contribution in [0.25, 0.3) is 33.4 Å². The van der Waals surface area contributed by atoms with Crippen LogP contribution < -0.4 is 9.64 Å². The van der Waals surface area contributed by atoms with E-state index in [1.54, 1.807) is 11.1 Å². The van der Waals surface area contributed by atoms with E-state index in [2.05, 4.69) is 51.3 Å². The summed E-state index contributed by atoms with van der Waals surface area (Å²) in [5, 5.41) is 10.9. The number of H-pyrrole nitrogens is 1. The molecule has 42 heavy (non-hydrogen) atoms. The van der Waals surface area contributed by atoms with E-state index in [-0.39, 0.29) is 12.2 Å². The lowest BCUT2D eigenvalue weighted by atomic mass is 10.0. The maximum absolute atomic E-state index is 12.4. The van der Waals surface area contributed by atoms with Crippen molar-refractivity contribution in [1.82, 2.24) is 14.9 Å². The zero-order valence-electron chi connectivity index (χ0n) is 24.2. The fourth-order valence-corrected chi connectivity index (χ4v) is 5.49. The number of likely N-dealkylation sites (tertiary alicyclic amines) is 1. The fourth-order valence-electron chi connectivity index (χ4n) is 5.49. The molecular weight excluding hydrogens is 530 g/mol. The number of hydrogen-bond acceptors (Lipinski definition) is 7. The molecule has 216 valence electrons. The summed E-state index contributed by atoms with van der Waals surface area (Å²) < 4.78 is 17.2. The van der Waals surface area contributed by atoms with Crippen molar-refractivity contribution in [3.8, 4) is 34.2 Å². The van der Waals surface area contributed by atoms with Gasteiger partial charge in [-0.2, -0.15) is 5.26 Å². The molecular formula is C33H35N5O4. The van der Waals surface area contributed by atoms with Gasteiger partial charge in [0.15, 0.2) is 0 Å². The second-order valence-electron chi connectivity index (χ2n) is 11.7. The summed E-state index contributed by atoms with van der Waals surface area (Å²) >= 11 is 0. The molecule has 2 fully saturated rings. The second-order valence-corrected chi connectivity index (χ2v) is 11.7. The van der Waals surface area contributed by atoms with Gasteiger partial charge in [-0.1, -0.05) is 18.2 Å². The number of pyridine rings is 1. The summed E-state index contributed by atoms with van der Waals surface area (Å²) in [5.41, 5.74) is 5.82. The van der Waals surface area contributed by atoms with Crippen LogP contribution in [-0.2, 0) is 9.47 Å². The summed E-state index contributed by atoms with van der Waals surface area (Å²) in [5.74, 6) is 0.512. The summed E-state index contributed by atoms with van der Waals surface area (Å²) in [6.45, 7) is 9.85. The fraction of sp³-hybridized carbons (Fsp3) is 0.364. The van der Waals surface area contributed by atoms with Crippen molar-refractivity contribution >= 4 is 22.8 Å². The first kappa shape index (κ1) is 27.6. The molecule has 1 N–H and O–H groups in total. The Bertz CT molecular complexity index is 1630. The van der Waals surface area contributed by atoms with E-state index < -0.39 is 5.60 Å². The van der Waals surface area contributed by atoms with E-state index in [1.165, 1.54) is 5.69 Å². The molecule has 0 saturated carbocycles. The monoisotopic (exact) mass is 565 g/mol. The Balaban J connectivity index is 1.20. The van der Waals surface area contributed by atoms with Gasteiger partial charge in [-0.15, -0.1) is 0 Å². The van der Waals surface area contributed by atoms with E-state index in [9.17, 15) is 10.1 Å². The van der Waals surface area contributed by atoms with Gasteiger partial charge in [-0.25, -0.2) is 9.78 Å². The first-order valence-corrected chi connectivity index (χ1v) is 14.4. The van der Waals surface area contributed by atoms with Crippen LogP contribution in [0.4, 0.5) is 10.5 Å². The summed E-state index contributed by atoms with van der Waals surface area (Å²) in [6.07, 6.45) is 1.91. The summed E-state index contributed by atoms with van der Waals surface area (Å²) in [7, 11) is 0. The second kappa shape index (κ2) is 11.4. The van der Waals surface area contributed by atoms with Gasteiger partial charge < -0.3 is 29.0 Å². The predicted octanol–water partition coefficient (Wildman–Crippen LogP) is 5.99. The minimum absolute atomic E-state index is 0.204. The molecule has 9 heteroatoms. The molecule has 0 radical (unpaired) electrons. The molecule has 0 aliphatic carbocycles. The van der Waals surface area contributed by atoms with Crippen molar-refractivity contribution in [2.24, 2.45) is 0 Å². The first-order chi connectivity index (χ1) is 20.3. The van der Waals surface area contributed by atoms with E-state index in [0.717, 1.165) is 59.7 Å². The summed E-state index contributed by atoms with van der Waals surface area (Å²) in [4.78, 5) is 24.5. The van der Waals surface area contributed by atoms with Gasteiger partial charge in [-0.3, -0.25) is 0 Å². The number of aromatic nitrogens is 2. The normalized spacial score (nSPS) is 17.3. The van der Waals surface area contributed by atoms with E-state index in [4.69, 9.17) is 14.2 Å². The van der Waals surface area contributed by atoms with Crippen molar-refractivity contribution < 1.29 is 19.0 Å². The SMILES string of the molecule is CC(C)(C)OC(=O)N1CCC(Oc2ccc(-c3ccnc4[nH]c(-c5ccc(N6CCOCC6)cc5)cc34)cc2C#N)C1. The topological polar surface area (TPSA) is 104 Å². The van der Waals surface area contributed by atoms with Crippen LogP contribution in [0, 0.1) is 11.3 Å². The largest absolute Gasteiger partial charge is 0.487 e. The maximum atomic E-state index is 12.4. The van der Waals surface area contributed by atoms with Crippen LogP contribution in [0.2, 0.25) is 0 Å². The Kier molecular flexibility index (Phi) is 7.48. The zero-order valence-corrected chi connectivity index (χ0v) is 24.2. The Morgan fingerprint density at radius 1 is 1.05 bits per heavy atom. The number of ether oxygens (including phenoxy) is 3. The van der Waals surface area contributed by atoms with Crippen molar-refractivity contribution in [3.05, 3.63) is 66.4 Å². The molecule has 9 nitrogen and oxygen atoms in total. The van der Waals surface area contributed by atoms with E-state index >= 15 is 0 Å². The van der Waals surface area contributed by atoms with Gasteiger partial charge in [0.2, 0.25) is 0 Å². The number of carbonyl (C=O) groups excluding carboxylic acids is 1. The number of aromatic amines is 1. The van der Waals surface area contributed by atoms with Gasteiger partial charge in [-0.05, 0) is 73.9 Å². The quantitative estimate of drug-likeness (QED) is 0.317. The molecule has 2 aliphatic rings. The van der Waals surface area contributed by atoms with Crippen molar-refractivity contribution in [2.45, 2.75) is 38.9 Å². The highest BCUT2D eigenvalue weighted by molar-refractivity contribution is 5.96. The van der Waals surface area contributed by atoms with Crippen LogP contribution in [-0.4, -0.2) is 72.1 Å². The molecule has 1 amide bonds. The Hall–Kier alpha value is -4.55. The van der Waals surface area contributed by atoms with Gasteiger partial charge >= 0.3 is 6.09 Å². The lowest BCUT2D eigenvalue weighted by Gasteiger charge is -2.28. The van der Waals surface area contributed by atoms with Crippen LogP contribution in [0.15, 0.2) is 60.8 Å². The number of nitrogens with zero attached hydrogens (tertiary/aromatic N) is 4. The van der Waals surface area contributed by atoms with Crippen LogP contribution >= 0.6 is 0 Å². The molecule has 0 bridgehead atoms. The number of benzene rings is 2. The number of amides is 1. The molecule has 4 aromatic rings. The van der Waals surface area contributed by atoms with E-state index in [0.29, 0.717) is 30.8 Å². The molecule has 2 saturated heterocycles. The number of nitrogens with one attached hydrogen (secondary N) is 1. The third-order valence-electron chi connectivity index (χ3n) is 7.59. The summed E-state index contributed by atoms with van der Waals surface area (Å²) in [6, 6.07) is 20.6. The molecule has 2 aromatic heterocycles. The Morgan fingerprint density at radius 2 is 1.81 bits per heavy atom. The number of carbonyl (C=O) groups is 1.